The molecule has 1 unspecified atom stereocenters. The highest BCUT2D eigenvalue weighted by atomic mass is 35.5. The molecule has 1 aliphatic carbocycles. The van der Waals surface area contributed by atoms with Crippen molar-refractivity contribution in [1.82, 2.24) is 19.9 Å². The lowest BCUT2D eigenvalue weighted by atomic mass is 10.0. The van der Waals surface area contributed by atoms with E-state index in [2.05, 4.69) is 20.6 Å². The number of hydrogen-bond donors (Lipinski definition) is 2. The molecule has 146 valence electrons. The summed E-state index contributed by atoms with van der Waals surface area (Å²) in [5.74, 6) is -0.471. The predicted molar refractivity (Wildman–Crippen MR) is 105 cm³/mol. The van der Waals surface area contributed by atoms with E-state index in [1.54, 1.807) is 19.1 Å². The Bertz CT molecular complexity index is 1260. The third-order valence-electron chi connectivity index (χ3n) is 5.41. The Balaban J connectivity index is 1.72. The summed E-state index contributed by atoms with van der Waals surface area (Å²) in [6.45, 7) is 1.80. The number of aryl methyl sites for hydroxylation is 2. The zero-order chi connectivity index (χ0) is 20.3. The molecule has 2 N–H and O–H groups in total. The van der Waals surface area contributed by atoms with Gasteiger partial charge >= 0.3 is 0 Å². The number of pyridine rings is 1. The highest BCUT2D eigenvalue weighted by Crippen LogP contribution is 2.43. The number of rotatable bonds is 2. The first-order chi connectivity index (χ1) is 13.9. The van der Waals surface area contributed by atoms with Crippen molar-refractivity contribution < 1.29 is 9.18 Å². The number of fused-ring (bicyclic) bond motifs is 4. The Morgan fingerprint density at radius 3 is 2.86 bits per heavy atom. The molecule has 3 aromatic rings. The molecular weight excluding hydrogens is 397 g/mol. The zero-order valence-corrected chi connectivity index (χ0v) is 16.0. The van der Waals surface area contributed by atoms with Gasteiger partial charge in [-0.1, -0.05) is 17.7 Å². The largest absolute Gasteiger partial charge is 0.336 e. The van der Waals surface area contributed by atoms with Gasteiger partial charge in [0.1, 0.15) is 35.0 Å². The lowest BCUT2D eigenvalue weighted by Crippen LogP contribution is -2.46. The smallest absolute Gasteiger partial charge is 0.277 e. The average molecular weight is 412 g/mol. The van der Waals surface area contributed by atoms with E-state index in [-0.39, 0.29) is 16.4 Å². The molecule has 1 amide bonds. The van der Waals surface area contributed by atoms with Crippen LogP contribution in [-0.4, -0.2) is 20.4 Å². The Morgan fingerprint density at radius 2 is 2.07 bits per heavy atom. The summed E-state index contributed by atoms with van der Waals surface area (Å²) >= 11 is 6.39. The van der Waals surface area contributed by atoms with Gasteiger partial charge in [-0.25, -0.2) is 14.4 Å². The number of benzene rings is 1. The molecule has 2 aliphatic rings. The van der Waals surface area contributed by atoms with Crippen molar-refractivity contribution >= 4 is 29.0 Å². The molecule has 3 heterocycles. The molecule has 0 radical (unpaired) electrons. The van der Waals surface area contributed by atoms with Crippen LogP contribution in [0.1, 0.15) is 33.7 Å². The van der Waals surface area contributed by atoms with Gasteiger partial charge in [0.05, 0.1) is 5.02 Å². The van der Waals surface area contributed by atoms with Gasteiger partial charge in [0.2, 0.25) is 0 Å². The molecule has 0 fully saturated rings. The number of nitrogens with one attached hydrogen (secondary N) is 2. The SMILES string of the molecule is Cc1cc(Nc2cc(Cl)c3n(c2=O)C2(CCc4ccc(F)cc42)NC3=O)ncn1. The Morgan fingerprint density at radius 1 is 1.24 bits per heavy atom. The van der Waals surface area contributed by atoms with E-state index in [0.717, 1.165) is 11.3 Å². The van der Waals surface area contributed by atoms with Crippen LogP contribution in [0, 0.1) is 12.7 Å². The molecule has 0 saturated carbocycles. The van der Waals surface area contributed by atoms with Gasteiger partial charge in [-0.2, -0.15) is 0 Å². The van der Waals surface area contributed by atoms with Crippen molar-refractivity contribution in [3.8, 4) is 0 Å². The van der Waals surface area contributed by atoms with Crippen LogP contribution in [0.15, 0.2) is 41.5 Å². The van der Waals surface area contributed by atoms with Crippen molar-refractivity contribution in [3.63, 3.8) is 0 Å². The average Bonchev–Trinajstić information content (AvgIpc) is 3.18. The Kier molecular flexibility index (Phi) is 3.76. The molecule has 1 atom stereocenters. The molecule has 1 spiro atoms. The van der Waals surface area contributed by atoms with Crippen molar-refractivity contribution in [2.75, 3.05) is 5.32 Å². The normalized spacial score (nSPS) is 19.2. The van der Waals surface area contributed by atoms with Gasteiger partial charge in [0, 0.05) is 17.3 Å². The summed E-state index contributed by atoms with van der Waals surface area (Å²) < 4.78 is 15.3. The molecule has 0 bridgehead atoms. The number of nitrogens with zero attached hydrogens (tertiary/aromatic N) is 3. The fourth-order valence-corrected chi connectivity index (χ4v) is 4.46. The minimum Gasteiger partial charge on any atom is -0.336 e. The second-order valence-electron chi connectivity index (χ2n) is 7.18. The molecule has 1 aliphatic heterocycles. The molecule has 9 heteroatoms. The van der Waals surface area contributed by atoms with Crippen LogP contribution in [0.3, 0.4) is 0 Å². The summed E-state index contributed by atoms with van der Waals surface area (Å²) in [6, 6.07) is 7.52. The van der Waals surface area contributed by atoms with Gasteiger partial charge in [0.25, 0.3) is 11.5 Å². The van der Waals surface area contributed by atoms with Crippen LogP contribution in [0.4, 0.5) is 15.9 Å². The molecule has 7 nitrogen and oxygen atoms in total. The molecule has 29 heavy (non-hydrogen) atoms. The van der Waals surface area contributed by atoms with Crippen molar-refractivity contribution in [2.45, 2.75) is 25.4 Å². The molecular formula is C20H15ClFN5O2. The minimum absolute atomic E-state index is 0.0678. The number of aromatic nitrogens is 3. The number of anilines is 2. The zero-order valence-electron chi connectivity index (χ0n) is 15.3. The predicted octanol–water partition coefficient (Wildman–Crippen LogP) is 2.87. The highest BCUT2D eigenvalue weighted by molar-refractivity contribution is 6.34. The van der Waals surface area contributed by atoms with E-state index >= 15 is 0 Å². The van der Waals surface area contributed by atoms with E-state index in [1.165, 1.54) is 29.1 Å². The monoisotopic (exact) mass is 411 g/mol. The topological polar surface area (TPSA) is 88.9 Å². The van der Waals surface area contributed by atoms with Crippen molar-refractivity contribution in [3.05, 3.63) is 80.4 Å². The Hall–Kier alpha value is -3.26. The van der Waals surface area contributed by atoms with Gasteiger partial charge in [-0.05, 0) is 43.5 Å². The molecule has 1 aromatic carbocycles. The van der Waals surface area contributed by atoms with Crippen molar-refractivity contribution in [1.29, 1.82) is 0 Å². The number of amides is 1. The first-order valence-electron chi connectivity index (χ1n) is 9.02. The minimum atomic E-state index is -1.16. The molecule has 0 saturated heterocycles. The van der Waals surface area contributed by atoms with Gasteiger partial charge < -0.3 is 10.6 Å². The highest BCUT2D eigenvalue weighted by Gasteiger charge is 2.50. The van der Waals surface area contributed by atoms with Crippen LogP contribution in [0.2, 0.25) is 5.02 Å². The number of carbonyl (C=O) groups is 1. The maximum Gasteiger partial charge on any atom is 0.277 e. The van der Waals surface area contributed by atoms with E-state index in [4.69, 9.17) is 11.6 Å². The second kappa shape index (κ2) is 6.12. The second-order valence-corrected chi connectivity index (χ2v) is 7.59. The fraction of sp³-hybridized carbons (Fsp3) is 0.200. The van der Waals surface area contributed by atoms with Gasteiger partial charge in [-0.15, -0.1) is 0 Å². The molecule has 2 aromatic heterocycles. The van der Waals surface area contributed by atoms with Gasteiger partial charge in [0.15, 0.2) is 0 Å². The first-order valence-corrected chi connectivity index (χ1v) is 9.40. The third-order valence-corrected chi connectivity index (χ3v) is 5.70. The van der Waals surface area contributed by atoms with Crippen LogP contribution >= 0.6 is 11.6 Å². The standard InChI is InChI=1S/C20H15ClFN5O2/c1-10-6-16(24-9-23-10)25-15-8-14(21)17-18(28)26-20(27(17)19(15)29)5-4-11-2-3-12(22)7-13(11)20/h2-3,6-9H,4-5H2,1H3,(H,26,28)(H,23,24,25). The first kappa shape index (κ1) is 17.8. The summed E-state index contributed by atoms with van der Waals surface area (Å²) in [6.07, 6.45) is 2.41. The third kappa shape index (κ3) is 2.56. The number of carbonyl (C=O) groups excluding carboxylic acids is 1. The number of hydrogen-bond acceptors (Lipinski definition) is 5. The van der Waals surface area contributed by atoms with Crippen LogP contribution in [0.25, 0.3) is 0 Å². The van der Waals surface area contributed by atoms with E-state index in [9.17, 15) is 14.0 Å². The fourth-order valence-electron chi connectivity index (χ4n) is 4.18. The van der Waals surface area contributed by atoms with E-state index < -0.39 is 22.9 Å². The number of halogens is 2. The molecule has 5 rings (SSSR count). The van der Waals surface area contributed by atoms with Crippen molar-refractivity contribution in [2.24, 2.45) is 0 Å². The quantitative estimate of drug-likeness (QED) is 0.677. The van der Waals surface area contributed by atoms with Crippen LogP contribution in [-0.2, 0) is 12.1 Å². The summed E-state index contributed by atoms with van der Waals surface area (Å²) in [5, 5.41) is 5.96. The van der Waals surface area contributed by atoms with E-state index in [0.29, 0.717) is 24.2 Å². The van der Waals surface area contributed by atoms with Gasteiger partial charge in [-0.3, -0.25) is 14.2 Å². The van der Waals surface area contributed by atoms with Crippen LogP contribution in [0.5, 0.6) is 0 Å². The van der Waals surface area contributed by atoms with Crippen LogP contribution < -0.4 is 16.2 Å². The summed E-state index contributed by atoms with van der Waals surface area (Å²) in [7, 11) is 0. The van der Waals surface area contributed by atoms with E-state index in [1.807, 2.05) is 0 Å². The lowest BCUT2D eigenvalue weighted by molar-refractivity contribution is 0.0935. The Labute approximate surface area is 169 Å². The summed E-state index contributed by atoms with van der Waals surface area (Å²) in [4.78, 5) is 34.3. The summed E-state index contributed by atoms with van der Waals surface area (Å²) in [5.41, 5.74) is 0.796. The lowest BCUT2D eigenvalue weighted by Gasteiger charge is -2.28. The maximum absolute atomic E-state index is 14.0. The maximum atomic E-state index is 14.0.